The van der Waals surface area contributed by atoms with Gasteiger partial charge in [0.05, 0.1) is 4.90 Å². The molecule has 0 bridgehead atoms. The summed E-state index contributed by atoms with van der Waals surface area (Å²) in [4.78, 5) is 2.67. The Balaban J connectivity index is 1.52. The molecule has 1 aliphatic heterocycles. The molecule has 0 aliphatic carbocycles. The van der Waals surface area contributed by atoms with Crippen LogP contribution in [0.2, 0.25) is 0 Å². The number of piperazine rings is 1. The van der Waals surface area contributed by atoms with Gasteiger partial charge in [0.1, 0.15) is 12.4 Å². The zero-order valence-electron chi connectivity index (χ0n) is 16.3. The predicted octanol–water partition coefficient (Wildman–Crippen LogP) is 3.00. The van der Waals surface area contributed by atoms with Crippen molar-refractivity contribution in [1.29, 1.82) is 0 Å². The van der Waals surface area contributed by atoms with E-state index in [-0.39, 0.29) is 0 Å². The lowest BCUT2D eigenvalue weighted by atomic mass is 10.2. The van der Waals surface area contributed by atoms with E-state index in [9.17, 15) is 8.42 Å². The molecule has 1 saturated heterocycles. The summed E-state index contributed by atoms with van der Waals surface area (Å²) in [5.41, 5.74) is 3.06. The van der Waals surface area contributed by atoms with Gasteiger partial charge in [-0.05, 0) is 50.1 Å². The van der Waals surface area contributed by atoms with E-state index in [1.54, 1.807) is 10.4 Å². The van der Waals surface area contributed by atoms with Crippen molar-refractivity contribution in [2.75, 3.05) is 39.3 Å². The number of aryl methyl sites for hydroxylation is 3. The van der Waals surface area contributed by atoms with E-state index in [0.29, 0.717) is 24.6 Å². The van der Waals surface area contributed by atoms with Gasteiger partial charge < -0.3 is 4.74 Å². The normalized spacial score (nSPS) is 16.4. The lowest BCUT2D eigenvalue weighted by molar-refractivity contribution is 0.159. The van der Waals surface area contributed by atoms with Gasteiger partial charge in [-0.15, -0.1) is 0 Å². The highest BCUT2D eigenvalue weighted by atomic mass is 32.2. The number of nitrogens with zero attached hydrogens (tertiary/aromatic N) is 2. The Kier molecular flexibility index (Phi) is 6.19. The van der Waals surface area contributed by atoms with E-state index >= 15 is 0 Å². The van der Waals surface area contributed by atoms with Crippen molar-refractivity contribution in [2.24, 2.45) is 0 Å². The van der Waals surface area contributed by atoms with Gasteiger partial charge in [0.25, 0.3) is 0 Å². The molecule has 2 aromatic carbocycles. The molecule has 2 aromatic rings. The zero-order chi connectivity index (χ0) is 19.4. The van der Waals surface area contributed by atoms with Crippen LogP contribution in [0.5, 0.6) is 5.75 Å². The quantitative estimate of drug-likeness (QED) is 0.763. The fourth-order valence-electron chi connectivity index (χ4n) is 3.42. The van der Waals surface area contributed by atoms with Crippen LogP contribution in [0.15, 0.2) is 47.4 Å². The Morgan fingerprint density at radius 3 is 2.30 bits per heavy atom. The number of sulfonamides is 1. The molecule has 5 nitrogen and oxygen atoms in total. The van der Waals surface area contributed by atoms with Crippen LogP contribution in [0.1, 0.15) is 16.7 Å². The van der Waals surface area contributed by atoms with Crippen molar-refractivity contribution < 1.29 is 13.2 Å². The first kappa shape index (κ1) is 19.9. The summed E-state index contributed by atoms with van der Waals surface area (Å²) >= 11 is 0. The fraction of sp³-hybridized carbons (Fsp3) is 0.429. The van der Waals surface area contributed by atoms with Gasteiger partial charge in [0, 0.05) is 32.7 Å². The van der Waals surface area contributed by atoms with Crippen molar-refractivity contribution in [2.45, 2.75) is 25.7 Å². The molecule has 0 N–H and O–H groups in total. The highest BCUT2D eigenvalue weighted by molar-refractivity contribution is 7.89. The summed E-state index contributed by atoms with van der Waals surface area (Å²) in [6.45, 7) is 9.75. The Bertz CT molecular complexity index is 888. The molecular weight excluding hydrogens is 360 g/mol. The molecule has 1 fully saturated rings. The summed E-state index contributed by atoms with van der Waals surface area (Å²) < 4.78 is 33.3. The smallest absolute Gasteiger partial charge is 0.243 e. The number of benzene rings is 2. The van der Waals surface area contributed by atoms with Crippen LogP contribution in [-0.4, -0.2) is 57.0 Å². The molecule has 0 amide bonds. The molecule has 3 rings (SSSR count). The van der Waals surface area contributed by atoms with Crippen LogP contribution in [0.25, 0.3) is 0 Å². The minimum atomic E-state index is -3.43. The first-order valence-corrected chi connectivity index (χ1v) is 10.8. The lowest BCUT2D eigenvalue weighted by Gasteiger charge is -2.34. The standard InChI is InChI=1S/C21H28N2O3S/c1-17-5-4-6-20(16-17)26-14-13-22-9-11-23(12-10-22)27(24,25)21-8-7-18(2)15-19(21)3/h4-8,15-16H,9-14H2,1-3H3. The molecule has 0 unspecified atom stereocenters. The molecular formula is C21H28N2O3S. The highest BCUT2D eigenvalue weighted by Crippen LogP contribution is 2.22. The van der Waals surface area contributed by atoms with Crippen molar-refractivity contribution in [1.82, 2.24) is 9.21 Å². The Morgan fingerprint density at radius 1 is 0.926 bits per heavy atom. The summed E-state index contributed by atoms with van der Waals surface area (Å²) in [5.74, 6) is 0.881. The van der Waals surface area contributed by atoms with Crippen LogP contribution in [0, 0.1) is 20.8 Å². The summed E-state index contributed by atoms with van der Waals surface area (Å²) in [6.07, 6.45) is 0. The third-order valence-electron chi connectivity index (χ3n) is 4.95. The maximum Gasteiger partial charge on any atom is 0.243 e. The first-order chi connectivity index (χ1) is 12.9. The third kappa shape index (κ3) is 4.89. The third-order valence-corrected chi connectivity index (χ3v) is 7.00. The van der Waals surface area contributed by atoms with Crippen LogP contribution in [0.4, 0.5) is 0 Å². The average Bonchev–Trinajstić information content (AvgIpc) is 2.62. The molecule has 0 radical (unpaired) electrons. The Hall–Kier alpha value is -1.89. The predicted molar refractivity (Wildman–Crippen MR) is 108 cm³/mol. The summed E-state index contributed by atoms with van der Waals surface area (Å²) in [7, 11) is -3.43. The van der Waals surface area contributed by atoms with E-state index in [4.69, 9.17) is 4.74 Å². The molecule has 146 valence electrons. The monoisotopic (exact) mass is 388 g/mol. The maximum absolute atomic E-state index is 12.9. The molecule has 0 atom stereocenters. The number of hydrogen-bond acceptors (Lipinski definition) is 4. The highest BCUT2D eigenvalue weighted by Gasteiger charge is 2.29. The van der Waals surface area contributed by atoms with Crippen LogP contribution in [0.3, 0.4) is 0 Å². The van der Waals surface area contributed by atoms with Crippen LogP contribution < -0.4 is 4.74 Å². The van der Waals surface area contributed by atoms with Gasteiger partial charge in [0.2, 0.25) is 10.0 Å². The minimum absolute atomic E-state index is 0.421. The van der Waals surface area contributed by atoms with Gasteiger partial charge in [-0.2, -0.15) is 4.31 Å². The Morgan fingerprint density at radius 2 is 1.63 bits per heavy atom. The summed E-state index contributed by atoms with van der Waals surface area (Å²) in [6, 6.07) is 13.5. The van der Waals surface area contributed by atoms with Crippen LogP contribution >= 0.6 is 0 Å². The number of hydrogen-bond donors (Lipinski definition) is 0. The van der Waals surface area contributed by atoms with E-state index < -0.39 is 10.0 Å². The molecule has 27 heavy (non-hydrogen) atoms. The van der Waals surface area contributed by atoms with Gasteiger partial charge >= 0.3 is 0 Å². The molecule has 6 heteroatoms. The van der Waals surface area contributed by atoms with Gasteiger partial charge in [-0.3, -0.25) is 4.90 Å². The number of rotatable bonds is 6. The van der Waals surface area contributed by atoms with Gasteiger partial charge in [-0.25, -0.2) is 8.42 Å². The Labute approximate surface area is 162 Å². The van der Waals surface area contributed by atoms with E-state index in [1.807, 2.05) is 57.2 Å². The average molecular weight is 389 g/mol. The largest absolute Gasteiger partial charge is 0.492 e. The van der Waals surface area contributed by atoms with Crippen LogP contribution in [-0.2, 0) is 10.0 Å². The molecule has 1 aliphatic rings. The van der Waals surface area contributed by atoms with Crippen molar-refractivity contribution >= 4 is 10.0 Å². The minimum Gasteiger partial charge on any atom is -0.492 e. The lowest BCUT2D eigenvalue weighted by Crippen LogP contribution is -2.49. The van der Waals surface area contributed by atoms with Gasteiger partial charge in [-0.1, -0.05) is 29.8 Å². The van der Waals surface area contributed by atoms with Crippen molar-refractivity contribution in [3.05, 3.63) is 59.2 Å². The molecule has 0 saturated carbocycles. The van der Waals surface area contributed by atoms with Gasteiger partial charge in [0.15, 0.2) is 0 Å². The zero-order valence-corrected chi connectivity index (χ0v) is 17.1. The molecule has 1 heterocycles. The second kappa shape index (κ2) is 8.42. The first-order valence-electron chi connectivity index (χ1n) is 9.35. The fourth-order valence-corrected chi connectivity index (χ4v) is 5.05. The topological polar surface area (TPSA) is 49.9 Å². The summed E-state index contributed by atoms with van der Waals surface area (Å²) in [5, 5.41) is 0. The van der Waals surface area contributed by atoms with E-state index in [0.717, 1.165) is 36.5 Å². The molecule has 0 aromatic heterocycles. The van der Waals surface area contributed by atoms with E-state index in [1.165, 1.54) is 5.56 Å². The SMILES string of the molecule is Cc1cccc(OCCN2CCN(S(=O)(=O)c3ccc(C)cc3C)CC2)c1. The second-order valence-corrected chi connectivity index (χ2v) is 9.09. The number of ether oxygens (including phenoxy) is 1. The maximum atomic E-state index is 12.9. The second-order valence-electron chi connectivity index (χ2n) is 7.18. The molecule has 0 spiro atoms. The van der Waals surface area contributed by atoms with E-state index in [2.05, 4.69) is 4.90 Å². The van der Waals surface area contributed by atoms with Crippen molar-refractivity contribution in [3.8, 4) is 5.75 Å². The van der Waals surface area contributed by atoms with Crippen molar-refractivity contribution in [3.63, 3.8) is 0 Å².